The first-order valence-electron chi connectivity index (χ1n) is 7.72. The fraction of sp³-hybridized carbons (Fsp3) is 0.294. The van der Waals surface area contributed by atoms with E-state index >= 15 is 0 Å². The summed E-state index contributed by atoms with van der Waals surface area (Å²) in [5.41, 5.74) is 1.75. The molecule has 0 fully saturated rings. The molecule has 0 aliphatic rings. The maximum atomic E-state index is 13.3. The van der Waals surface area contributed by atoms with Gasteiger partial charge in [-0.2, -0.15) is 13.2 Å². The summed E-state index contributed by atoms with van der Waals surface area (Å²) in [5, 5.41) is 2.48. The van der Waals surface area contributed by atoms with Gasteiger partial charge < -0.3 is 14.5 Å². The van der Waals surface area contributed by atoms with Crippen LogP contribution in [0.2, 0.25) is 0 Å². The highest BCUT2D eigenvalue weighted by Crippen LogP contribution is 2.34. The van der Waals surface area contributed by atoms with Gasteiger partial charge in [0.15, 0.2) is 5.65 Å². The van der Waals surface area contributed by atoms with Crippen LogP contribution in [0.15, 0.2) is 42.9 Å². The molecule has 0 radical (unpaired) electrons. The molecule has 3 aromatic rings. The van der Waals surface area contributed by atoms with Crippen molar-refractivity contribution in [1.82, 2.24) is 19.7 Å². The normalized spacial score (nSPS) is 13.2. The Kier molecular flexibility index (Phi) is 4.63. The van der Waals surface area contributed by atoms with Gasteiger partial charge in [-0.1, -0.05) is 25.1 Å². The van der Waals surface area contributed by atoms with Crippen LogP contribution in [0.4, 0.5) is 13.2 Å². The van der Waals surface area contributed by atoms with E-state index in [2.05, 4.69) is 15.3 Å². The van der Waals surface area contributed by atoms with Gasteiger partial charge in [-0.3, -0.25) is 0 Å². The third kappa shape index (κ3) is 3.43. The molecule has 0 bridgehead atoms. The minimum Gasteiger partial charge on any atom is -0.478 e. The number of hydrogen-bond donors (Lipinski definition) is 1. The Bertz CT molecular complexity index is 876. The number of benzene rings is 1. The van der Waals surface area contributed by atoms with Gasteiger partial charge in [0, 0.05) is 24.2 Å². The summed E-state index contributed by atoms with van der Waals surface area (Å²) in [6, 6.07) is 4.53. The summed E-state index contributed by atoms with van der Waals surface area (Å²) in [6.45, 7) is 1.85. The fourth-order valence-corrected chi connectivity index (χ4v) is 2.68. The molecule has 0 amide bonds. The summed E-state index contributed by atoms with van der Waals surface area (Å²) in [5.74, 6) is 0.312. The van der Waals surface area contributed by atoms with Crippen LogP contribution < -0.4 is 10.1 Å². The molecule has 0 saturated carbocycles. The van der Waals surface area contributed by atoms with Crippen LogP contribution in [0, 0.1) is 0 Å². The van der Waals surface area contributed by atoms with Gasteiger partial charge in [-0.15, -0.1) is 0 Å². The van der Waals surface area contributed by atoms with E-state index in [1.54, 1.807) is 42.0 Å². The third-order valence-corrected chi connectivity index (χ3v) is 3.79. The Labute approximate surface area is 142 Å². The largest absolute Gasteiger partial charge is 0.478 e. The van der Waals surface area contributed by atoms with E-state index in [9.17, 15) is 13.2 Å². The van der Waals surface area contributed by atoms with Gasteiger partial charge in [0.1, 0.15) is 6.04 Å². The molecule has 2 heterocycles. The van der Waals surface area contributed by atoms with Crippen molar-refractivity contribution in [2.45, 2.75) is 19.1 Å². The molecule has 1 N–H and O–H groups in total. The third-order valence-electron chi connectivity index (χ3n) is 3.79. The molecule has 25 heavy (non-hydrogen) atoms. The highest BCUT2D eigenvalue weighted by atomic mass is 19.4. The topological polar surface area (TPSA) is 51.5 Å². The lowest BCUT2D eigenvalue weighted by Gasteiger charge is -2.22. The second-order valence-corrected chi connectivity index (χ2v) is 5.45. The smallest absolute Gasteiger partial charge is 0.407 e. The van der Waals surface area contributed by atoms with Crippen molar-refractivity contribution in [3.63, 3.8) is 0 Å². The molecule has 2 aromatic heterocycles. The summed E-state index contributed by atoms with van der Waals surface area (Å²) >= 11 is 0. The van der Waals surface area contributed by atoms with E-state index < -0.39 is 12.2 Å². The number of imidazole rings is 1. The second-order valence-electron chi connectivity index (χ2n) is 5.45. The van der Waals surface area contributed by atoms with E-state index in [1.165, 1.54) is 19.2 Å². The zero-order valence-corrected chi connectivity index (χ0v) is 13.7. The fourth-order valence-electron chi connectivity index (χ4n) is 2.68. The molecule has 0 saturated heterocycles. The quantitative estimate of drug-likeness (QED) is 0.764. The van der Waals surface area contributed by atoms with Gasteiger partial charge in [0.05, 0.1) is 12.8 Å². The zero-order valence-electron chi connectivity index (χ0n) is 13.7. The van der Waals surface area contributed by atoms with Crippen LogP contribution in [-0.2, 0) is 0 Å². The van der Waals surface area contributed by atoms with Crippen molar-refractivity contribution in [2.75, 3.05) is 13.7 Å². The minimum atomic E-state index is -4.38. The predicted molar refractivity (Wildman–Crippen MR) is 87.4 cm³/mol. The second kappa shape index (κ2) is 6.72. The van der Waals surface area contributed by atoms with Crippen molar-refractivity contribution >= 4 is 5.65 Å². The molecule has 5 nitrogen and oxygen atoms in total. The molecule has 3 rings (SSSR count). The maximum absolute atomic E-state index is 13.3. The minimum absolute atomic E-state index is 0.137. The average molecular weight is 350 g/mol. The predicted octanol–water partition coefficient (Wildman–Crippen LogP) is 3.62. The molecule has 1 aromatic carbocycles. The number of halogens is 3. The number of nitrogens with zero attached hydrogens (tertiary/aromatic N) is 3. The number of methoxy groups -OCH3 is 1. The number of rotatable bonds is 5. The summed E-state index contributed by atoms with van der Waals surface area (Å²) in [6.07, 6.45) is 0.655. The van der Waals surface area contributed by atoms with Crippen LogP contribution >= 0.6 is 0 Å². The number of hydrogen-bond acceptors (Lipinski definition) is 4. The molecule has 0 aliphatic carbocycles. The van der Waals surface area contributed by atoms with E-state index in [0.29, 0.717) is 22.8 Å². The molecule has 0 spiro atoms. The number of ether oxygens (including phenoxy) is 1. The van der Waals surface area contributed by atoms with Crippen molar-refractivity contribution in [3.8, 4) is 17.1 Å². The van der Waals surface area contributed by atoms with Crippen LogP contribution in [0.25, 0.3) is 16.9 Å². The number of aromatic nitrogens is 3. The molecule has 132 valence electrons. The molecule has 1 atom stereocenters. The molecular weight excluding hydrogens is 333 g/mol. The Balaban J connectivity index is 2.07. The first kappa shape index (κ1) is 17.2. The molecule has 8 heteroatoms. The van der Waals surface area contributed by atoms with Crippen LogP contribution in [0.1, 0.15) is 18.5 Å². The van der Waals surface area contributed by atoms with Gasteiger partial charge in [0.25, 0.3) is 5.88 Å². The number of fused-ring (bicyclic) bond motifs is 1. The first-order chi connectivity index (χ1) is 11.9. The lowest BCUT2D eigenvalue weighted by Crippen LogP contribution is -2.34. The monoisotopic (exact) mass is 350 g/mol. The average Bonchev–Trinajstić information content (AvgIpc) is 3.06. The van der Waals surface area contributed by atoms with Crippen molar-refractivity contribution in [3.05, 3.63) is 48.4 Å². The van der Waals surface area contributed by atoms with Crippen LogP contribution in [0.5, 0.6) is 5.88 Å². The number of nitrogens with one attached hydrogen (secondary N) is 1. The lowest BCUT2D eigenvalue weighted by atomic mass is 10.0. The van der Waals surface area contributed by atoms with Crippen molar-refractivity contribution in [2.24, 2.45) is 0 Å². The van der Waals surface area contributed by atoms with Gasteiger partial charge in [-0.25, -0.2) is 9.97 Å². The Hall–Kier alpha value is -2.61. The zero-order chi connectivity index (χ0) is 18.0. The maximum Gasteiger partial charge on any atom is 0.407 e. The van der Waals surface area contributed by atoms with Crippen LogP contribution in [0.3, 0.4) is 0 Å². The Morgan fingerprint density at radius 3 is 2.80 bits per heavy atom. The molecule has 0 unspecified atom stereocenters. The van der Waals surface area contributed by atoms with Gasteiger partial charge in [-0.05, 0) is 18.2 Å². The summed E-state index contributed by atoms with van der Waals surface area (Å²) < 4.78 is 46.9. The Morgan fingerprint density at radius 2 is 2.12 bits per heavy atom. The Morgan fingerprint density at radius 1 is 1.32 bits per heavy atom. The highest BCUT2D eigenvalue weighted by molar-refractivity contribution is 5.63. The molecular formula is C17H17F3N4O. The van der Waals surface area contributed by atoms with E-state index in [-0.39, 0.29) is 12.1 Å². The first-order valence-corrected chi connectivity index (χ1v) is 7.72. The highest BCUT2D eigenvalue weighted by Gasteiger charge is 2.40. The van der Waals surface area contributed by atoms with Crippen LogP contribution in [-0.4, -0.2) is 34.2 Å². The summed E-state index contributed by atoms with van der Waals surface area (Å²) in [4.78, 5) is 8.51. The van der Waals surface area contributed by atoms with E-state index in [4.69, 9.17) is 4.74 Å². The standard InChI is InChI=1S/C17H17F3N4O/c1-3-21-14(17(18,19)20)12-6-4-5-11(9-12)13-10-24-8-7-22-15(24)16(23-13)25-2/h4-10,14,21H,3H2,1-2H3/t14-/m0/s1. The van der Waals surface area contributed by atoms with Gasteiger partial charge in [0.2, 0.25) is 0 Å². The van der Waals surface area contributed by atoms with Crippen molar-refractivity contribution in [1.29, 1.82) is 0 Å². The van der Waals surface area contributed by atoms with E-state index in [1.807, 2.05) is 0 Å². The van der Waals surface area contributed by atoms with E-state index in [0.717, 1.165) is 0 Å². The van der Waals surface area contributed by atoms with Gasteiger partial charge >= 0.3 is 6.18 Å². The number of alkyl halides is 3. The molecule has 0 aliphatic heterocycles. The SMILES string of the molecule is CCN[C@@H](c1cccc(-c2cn3ccnc3c(OC)n2)c1)C(F)(F)F. The summed E-state index contributed by atoms with van der Waals surface area (Å²) in [7, 11) is 1.47. The van der Waals surface area contributed by atoms with Crippen molar-refractivity contribution < 1.29 is 17.9 Å². The lowest BCUT2D eigenvalue weighted by molar-refractivity contribution is -0.157.